The number of hydrogen-bond acceptors (Lipinski definition) is 2. The van der Waals surface area contributed by atoms with Crippen LogP contribution in [0.25, 0.3) is 0 Å². The van der Waals surface area contributed by atoms with E-state index in [4.69, 9.17) is 17.3 Å². The zero-order valence-electron chi connectivity index (χ0n) is 10.2. The number of nitrogen functional groups attached to an aromatic ring is 1. The number of carbonyl (C=O) groups excluding carboxylic acids is 1. The molecule has 0 radical (unpaired) electrons. The molecule has 0 saturated carbocycles. The Hall–Kier alpha value is -2.07. The molecule has 5 heteroatoms. The van der Waals surface area contributed by atoms with E-state index in [1.807, 2.05) is 13.0 Å². The summed E-state index contributed by atoms with van der Waals surface area (Å²) in [6.07, 6.45) is 0. The van der Waals surface area contributed by atoms with Crippen LogP contribution in [0.1, 0.15) is 15.9 Å². The second kappa shape index (κ2) is 5.28. The second-order valence-electron chi connectivity index (χ2n) is 4.12. The number of aryl methyl sites for hydroxylation is 1. The Kier molecular flexibility index (Phi) is 3.71. The lowest BCUT2D eigenvalue weighted by atomic mass is 10.1. The molecule has 0 saturated heterocycles. The maximum atomic E-state index is 13.0. The van der Waals surface area contributed by atoms with Crippen molar-refractivity contribution in [3.05, 3.63) is 58.4 Å². The van der Waals surface area contributed by atoms with E-state index in [-0.39, 0.29) is 17.2 Å². The standard InChI is InChI=1S/C14H12ClFN2O/c1-8-3-2-4-10(15)13(8)18-14(19)9-5-6-11(16)12(17)7-9/h2-7H,17H2,1H3,(H,18,19). The van der Waals surface area contributed by atoms with Crippen molar-refractivity contribution in [3.8, 4) is 0 Å². The molecule has 0 fully saturated rings. The maximum absolute atomic E-state index is 13.0. The van der Waals surface area contributed by atoms with Gasteiger partial charge in [-0.3, -0.25) is 4.79 Å². The first kappa shape index (κ1) is 13.4. The van der Waals surface area contributed by atoms with Crippen molar-refractivity contribution < 1.29 is 9.18 Å². The molecule has 3 nitrogen and oxygen atoms in total. The molecule has 2 aromatic rings. The first-order valence-corrected chi connectivity index (χ1v) is 5.98. The quantitative estimate of drug-likeness (QED) is 0.824. The number of hydrogen-bond donors (Lipinski definition) is 2. The molecule has 0 aliphatic heterocycles. The van der Waals surface area contributed by atoms with Crippen LogP contribution in [0.2, 0.25) is 5.02 Å². The van der Waals surface area contributed by atoms with E-state index in [9.17, 15) is 9.18 Å². The van der Waals surface area contributed by atoms with Gasteiger partial charge in [-0.1, -0.05) is 23.7 Å². The molecule has 19 heavy (non-hydrogen) atoms. The summed E-state index contributed by atoms with van der Waals surface area (Å²) in [5.41, 5.74) is 7.02. The molecule has 2 aromatic carbocycles. The van der Waals surface area contributed by atoms with Crippen molar-refractivity contribution in [2.75, 3.05) is 11.1 Å². The van der Waals surface area contributed by atoms with E-state index in [0.29, 0.717) is 10.7 Å². The average molecular weight is 279 g/mol. The van der Waals surface area contributed by atoms with Crippen LogP contribution in [-0.2, 0) is 0 Å². The smallest absolute Gasteiger partial charge is 0.255 e. The zero-order chi connectivity index (χ0) is 14.0. The van der Waals surface area contributed by atoms with Gasteiger partial charge in [0.25, 0.3) is 5.91 Å². The van der Waals surface area contributed by atoms with Crippen molar-refractivity contribution in [3.63, 3.8) is 0 Å². The second-order valence-corrected chi connectivity index (χ2v) is 4.53. The number of carbonyl (C=O) groups is 1. The molecule has 0 heterocycles. The third-order valence-corrected chi connectivity index (χ3v) is 3.03. The highest BCUT2D eigenvalue weighted by molar-refractivity contribution is 6.34. The first-order valence-electron chi connectivity index (χ1n) is 5.60. The van der Waals surface area contributed by atoms with Crippen LogP contribution in [0.15, 0.2) is 36.4 Å². The molecular formula is C14H12ClFN2O. The number of anilines is 2. The first-order chi connectivity index (χ1) is 8.99. The lowest BCUT2D eigenvalue weighted by Gasteiger charge is -2.10. The molecule has 0 unspecified atom stereocenters. The number of nitrogens with two attached hydrogens (primary N) is 1. The number of nitrogens with one attached hydrogen (secondary N) is 1. The highest BCUT2D eigenvalue weighted by atomic mass is 35.5. The van der Waals surface area contributed by atoms with Gasteiger partial charge in [0.15, 0.2) is 0 Å². The summed E-state index contributed by atoms with van der Waals surface area (Å²) < 4.78 is 13.0. The molecule has 0 spiro atoms. The zero-order valence-corrected chi connectivity index (χ0v) is 11.0. The molecule has 0 atom stereocenters. The maximum Gasteiger partial charge on any atom is 0.255 e. The summed E-state index contributed by atoms with van der Waals surface area (Å²) in [5.74, 6) is -0.937. The van der Waals surface area contributed by atoms with E-state index in [2.05, 4.69) is 5.32 Å². The summed E-state index contributed by atoms with van der Waals surface area (Å²) in [5, 5.41) is 3.14. The number of amides is 1. The highest BCUT2D eigenvalue weighted by Crippen LogP contribution is 2.26. The fourth-order valence-electron chi connectivity index (χ4n) is 1.66. The van der Waals surface area contributed by atoms with Crippen molar-refractivity contribution >= 4 is 28.9 Å². The summed E-state index contributed by atoms with van der Waals surface area (Å²) in [4.78, 5) is 12.0. The summed E-state index contributed by atoms with van der Waals surface area (Å²) in [6, 6.07) is 9.13. The number of para-hydroxylation sites is 1. The van der Waals surface area contributed by atoms with Gasteiger partial charge < -0.3 is 11.1 Å². The molecule has 0 aliphatic carbocycles. The molecule has 0 aromatic heterocycles. The van der Waals surface area contributed by atoms with Crippen LogP contribution >= 0.6 is 11.6 Å². The van der Waals surface area contributed by atoms with E-state index in [0.717, 1.165) is 11.6 Å². The molecular weight excluding hydrogens is 267 g/mol. The Morgan fingerprint density at radius 2 is 2.05 bits per heavy atom. The largest absolute Gasteiger partial charge is 0.396 e. The monoisotopic (exact) mass is 278 g/mol. The van der Waals surface area contributed by atoms with Crippen LogP contribution in [-0.4, -0.2) is 5.91 Å². The van der Waals surface area contributed by atoms with Gasteiger partial charge in [0.05, 0.1) is 16.4 Å². The number of benzene rings is 2. The minimum atomic E-state index is -0.550. The minimum absolute atomic E-state index is 0.0662. The van der Waals surface area contributed by atoms with Gasteiger partial charge in [-0.15, -0.1) is 0 Å². The Balaban J connectivity index is 2.28. The van der Waals surface area contributed by atoms with Crippen molar-refractivity contribution in [2.45, 2.75) is 6.92 Å². The van der Waals surface area contributed by atoms with Crippen LogP contribution < -0.4 is 11.1 Å². The molecule has 1 amide bonds. The van der Waals surface area contributed by atoms with Crippen LogP contribution in [0.3, 0.4) is 0 Å². The normalized spacial score (nSPS) is 10.3. The lowest BCUT2D eigenvalue weighted by Crippen LogP contribution is -2.13. The van der Waals surface area contributed by atoms with Gasteiger partial charge in [-0.2, -0.15) is 0 Å². The average Bonchev–Trinajstić information content (AvgIpc) is 2.37. The van der Waals surface area contributed by atoms with Crippen molar-refractivity contribution in [1.29, 1.82) is 0 Å². The third-order valence-electron chi connectivity index (χ3n) is 2.72. The van der Waals surface area contributed by atoms with Gasteiger partial charge in [0.2, 0.25) is 0 Å². The molecule has 0 bridgehead atoms. The SMILES string of the molecule is Cc1cccc(Cl)c1NC(=O)c1ccc(F)c(N)c1. The van der Waals surface area contributed by atoms with Gasteiger partial charge in [0, 0.05) is 5.56 Å². The predicted molar refractivity (Wildman–Crippen MR) is 75.0 cm³/mol. The van der Waals surface area contributed by atoms with Crippen molar-refractivity contribution in [2.24, 2.45) is 0 Å². The van der Waals surface area contributed by atoms with E-state index in [1.165, 1.54) is 12.1 Å². The highest BCUT2D eigenvalue weighted by Gasteiger charge is 2.11. The fourth-order valence-corrected chi connectivity index (χ4v) is 1.93. The summed E-state index contributed by atoms with van der Waals surface area (Å²) in [6.45, 7) is 1.83. The Morgan fingerprint density at radius 1 is 1.32 bits per heavy atom. The van der Waals surface area contributed by atoms with Gasteiger partial charge in [-0.25, -0.2) is 4.39 Å². The summed E-state index contributed by atoms with van der Waals surface area (Å²) in [7, 11) is 0. The number of halogens is 2. The molecule has 98 valence electrons. The van der Waals surface area contributed by atoms with Crippen LogP contribution in [0.4, 0.5) is 15.8 Å². The summed E-state index contributed by atoms with van der Waals surface area (Å²) >= 11 is 6.02. The van der Waals surface area contributed by atoms with Gasteiger partial charge >= 0.3 is 0 Å². The Bertz CT molecular complexity index is 623. The molecule has 3 N–H and O–H groups in total. The Labute approximate surface area is 115 Å². The van der Waals surface area contributed by atoms with Crippen LogP contribution in [0.5, 0.6) is 0 Å². The minimum Gasteiger partial charge on any atom is -0.396 e. The van der Waals surface area contributed by atoms with Crippen molar-refractivity contribution in [1.82, 2.24) is 0 Å². The Morgan fingerprint density at radius 3 is 2.68 bits per heavy atom. The van der Waals surface area contributed by atoms with E-state index >= 15 is 0 Å². The van der Waals surface area contributed by atoms with Gasteiger partial charge in [-0.05, 0) is 36.8 Å². The van der Waals surface area contributed by atoms with Crippen LogP contribution in [0, 0.1) is 12.7 Å². The topological polar surface area (TPSA) is 55.1 Å². The predicted octanol–water partition coefficient (Wildman–Crippen LogP) is 3.62. The van der Waals surface area contributed by atoms with E-state index in [1.54, 1.807) is 12.1 Å². The fraction of sp³-hybridized carbons (Fsp3) is 0.0714. The lowest BCUT2D eigenvalue weighted by molar-refractivity contribution is 0.102. The third kappa shape index (κ3) is 2.85. The van der Waals surface area contributed by atoms with E-state index < -0.39 is 5.82 Å². The molecule has 0 aliphatic rings. The van der Waals surface area contributed by atoms with Gasteiger partial charge in [0.1, 0.15) is 5.82 Å². The molecule has 2 rings (SSSR count). The number of rotatable bonds is 2.